The SMILES string of the molecule is O=C(O)COc1ccc(SC/C=C(/c2ccccc2)c2cccc(Cl)c2)cc1. The fraction of sp³-hybridized carbons (Fsp3) is 0.0870. The van der Waals surface area contributed by atoms with E-state index in [1.54, 1.807) is 23.9 Å². The Kier molecular flexibility index (Phi) is 7.18. The highest BCUT2D eigenvalue weighted by Gasteiger charge is 2.06. The van der Waals surface area contributed by atoms with E-state index in [2.05, 4.69) is 24.3 Å². The van der Waals surface area contributed by atoms with Crippen molar-refractivity contribution in [2.75, 3.05) is 12.4 Å². The molecule has 28 heavy (non-hydrogen) atoms. The maximum Gasteiger partial charge on any atom is 0.341 e. The Bertz CT molecular complexity index is 953. The van der Waals surface area contributed by atoms with Gasteiger partial charge >= 0.3 is 5.97 Å². The van der Waals surface area contributed by atoms with Crippen LogP contribution in [0.15, 0.2) is 89.8 Å². The zero-order valence-electron chi connectivity index (χ0n) is 15.0. The van der Waals surface area contributed by atoms with Crippen LogP contribution in [0.3, 0.4) is 0 Å². The van der Waals surface area contributed by atoms with E-state index in [0.717, 1.165) is 27.3 Å². The summed E-state index contributed by atoms with van der Waals surface area (Å²) in [6.07, 6.45) is 2.19. The zero-order valence-corrected chi connectivity index (χ0v) is 16.6. The van der Waals surface area contributed by atoms with Crippen molar-refractivity contribution in [2.24, 2.45) is 0 Å². The molecule has 3 nitrogen and oxygen atoms in total. The largest absolute Gasteiger partial charge is 0.482 e. The van der Waals surface area contributed by atoms with Gasteiger partial charge in [0.25, 0.3) is 0 Å². The minimum atomic E-state index is -0.988. The van der Waals surface area contributed by atoms with E-state index in [0.29, 0.717) is 10.8 Å². The number of benzene rings is 3. The highest BCUT2D eigenvalue weighted by Crippen LogP contribution is 2.28. The standard InChI is InChI=1S/C23H19ClO3S/c24-19-8-4-7-18(15-19)22(17-5-2-1-3-6-17)13-14-28-21-11-9-20(10-12-21)27-16-23(25)26/h1-13,15H,14,16H2,(H,25,26)/b22-13-. The van der Waals surface area contributed by atoms with E-state index in [9.17, 15) is 4.79 Å². The van der Waals surface area contributed by atoms with Gasteiger partial charge in [0, 0.05) is 15.7 Å². The summed E-state index contributed by atoms with van der Waals surface area (Å²) >= 11 is 7.88. The summed E-state index contributed by atoms with van der Waals surface area (Å²) < 4.78 is 5.16. The van der Waals surface area contributed by atoms with Crippen molar-refractivity contribution in [3.63, 3.8) is 0 Å². The van der Waals surface area contributed by atoms with Crippen molar-refractivity contribution in [3.8, 4) is 5.75 Å². The molecule has 3 aromatic rings. The third kappa shape index (κ3) is 5.91. The van der Waals surface area contributed by atoms with E-state index in [-0.39, 0.29) is 6.61 Å². The lowest BCUT2D eigenvalue weighted by molar-refractivity contribution is -0.139. The molecule has 0 fully saturated rings. The number of carbonyl (C=O) groups is 1. The molecule has 5 heteroatoms. The number of hydrogen-bond acceptors (Lipinski definition) is 3. The van der Waals surface area contributed by atoms with Gasteiger partial charge in [-0.1, -0.05) is 60.1 Å². The molecule has 0 saturated heterocycles. The number of ether oxygens (including phenoxy) is 1. The molecule has 3 aromatic carbocycles. The average Bonchev–Trinajstić information content (AvgIpc) is 2.71. The first kappa shape index (κ1) is 20.1. The van der Waals surface area contributed by atoms with Crippen LogP contribution in [0.25, 0.3) is 5.57 Å². The molecule has 0 aliphatic heterocycles. The third-order valence-corrected chi connectivity index (χ3v) is 5.12. The second-order valence-corrected chi connectivity index (χ2v) is 7.49. The summed E-state index contributed by atoms with van der Waals surface area (Å²) in [4.78, 5) is 11.6. The molecule has 0 unspecified atom stereocenters. The summed E-state index contributed by atoms with van der Waals surface area (Å²) in [5.41, 5.74) is 3.36. The highest BCUT2D eigenvalue weighted by atomic mass is 35.5. The Morgan fingerprint density at radius 2 is 1.68 bits per heavy atom. The van der Waals surface area contributed by atoms with E-state index < -0.39 is 5.97 Å². The third-order valence-electron chi connectivity index (χ3n) is 3.94. The maximum atomic E-state index is 10.6. The van der Waals surface area contributed by atoms with E-state index in [1.807, 2.05) is 48.5 Å². The normalized spacial score (nSPS) is 11.2. The Balaban J connectivity index is 1.72. The van der Waals surface area contributed by atoms with Gasteiger partial charge in [-0.15, -0.1) is 11.8 Å². The van der Waals surface area contributed by atoms with Crippen molar-refractivity contribution in [1.82, 2.24) is 0 Å². The van der Waals surface area contributed by atoms with Crippen LogP contribution < -0.4 is 4.74 Å². The number of thioether (sulfide) groups is 1. The summed E-state index contributed by atoms with van der Waals surface area (Å²) in [5.74, 6) is 0.343. The van der Waals surface area contributed by atoms with Crippen LogP contribution in [-0.2, 0) is 4.79 Å². The summed E-state index contributed by atoms with van der Waals surface area (Å²) in [6, 6.07) is 25.5. The van der Waals surface area contributed by atoms with Crippen molar-refractivity contribution in [1.29, 1.82) is 0 Å². The van der Waals surface area contributed by atoms with Crippen LogP contribution >= 0.6 is 23.4 Å². The van der Waals surface area contributed by atoms with Gasteiger partial charge in [0.1, 0.15) is 5.75 Å². The smallest absolute Gasteiger partial charge is 0.341 e. The van der Waals surface area contributed by atoms with E-state index in [4.69, 9.17) is 21.4 Å². The van der Waals surface area contributed by atoms with Gasteiger partial charge in [-0.25, -0.2) is 4.79 Å². The molecule has 0 spiro atoms. The zero-order chi connectivity index (χ0) is 19.8. The number of carboxylic acid groups (broad SMARTS) is 1. The van der Waals surface area contributed by atoms with Crippen molar-refractivity contribution in [2.45, 2.75) is 4.90 Å². The predicted octanol–water partition coefficient (Wildman–Crippen LogP) is 6.03. The minimum Gasteiger partial charge on any atom is -0.482 e. The molecule has 0 atom stereocenters. The molecule has 0 bridgehead atoms. The molecule has 0 radical (unpaired) electrons. The second kappa shape index (κ2) is 10.0. The minimum absolute atomic E-state index is 0.338. The van der Waals surface area contributed by atoms with Gasteiger partial charge in [-0.3, -0.25) is 0 Å². The fourth-order valence-corrected chi connectivity index (χ4v) is 3.64. The Morgan fingerprint density at radius 1 is 0.964 bits per heavy atom. The van der Waals surface area contributed by atoms with Crippen molar-refractivity contribution in [3.05, 3.63) is 101 Å². The highest BCUT2D eigenvalue weighted by molar-refractivity contribution is 7.99. The van der Waals surface area contributed by atoms with E-state index >= 15 is 0 Å². The lowest BCUT2D eigenvalue weighted by Gasteiger charge is -2.10. The Morgan fingerprint density at radius 3 is 2.36 bits per heavy atom. The maximum absolute atomic E-state index is 10.6. The monoisotopic (exact) mass is 410 g/mol. The van der Waals surface area contributed by atoms with Crippen LogP contribution in [0.2, 0.25) is 5.02 Å². The molecular weight excluding hydrogens is 392 g/mol. The van der Waals surface area contributed by atoms with Crippen molar-refractivity contribution >= 4 is 34.9 Å². The fourth-order valence-electron chi connectivity index (χ4n) is 2.67. The second-order valence-electron chi connectivity index (χ2n) is 5.96. The van der Waals surface area contributed by atoms with Gasteiger partial charge in [-0.05, 0) is 53.1 Å². The van der Waals surface area contributed by atoms with Gasteiger partial charge in [-0.2, -0.15) is 0 Å². The number of halogens is 1. The predicted molar refractivity (Wildman–Crippen MR) is 115 cm³/mol. The number of hydrogen-bond donors (Lipinski definition) is 1. The first-order chi connectivity index (χ1) is 13.6. The van der Waals surface area contributed by atoms with Gasteiger partial charge < -0.3 is 9.84 Å². The van der Waals surface area contributed by atoms with Gasteiger partial charge in [0.2, 0.25) is 0 Å². The van der Waals surface area contributed by atoms with Gasteiger partial charge in [0.05, 0.1) is 0 Å². The molecule has 142 valence electrons. The van der Waals surface area contributed by atoms with Crippen LogP contribution in [-0.4, -0.2) is 23.4 Å². The molecule has 0 amide bonds. The molecule has 0 aliphatic rings. The first-order valence-electron chi connectivity index (χ1n) is 8.71. The molecular formula is C23H19ClO3S. The molecule has 0 heterocycles. The topological polar surface area (TPSA) is 46.5 Å². The Hall–Kier alpha value is -2.69. The molecule has 0 aliphatic carbocycles. The number of aliphatic carboxylic acids is 1. The van der Waals surface area contributed by atoms with Crippen molar-refractivity contribution < 1.29 is 14.6 Å². The number of carboxylic acids is 1. The lowest BCUT2D eigenvalue weighted by atomic mass is 9.98. The van der Waals surface area contributed by atoms with Crippen LogP contribution in [0, 0.1) is 0 Å². The van der Waals surface area contributed by atoms with Crippen LogP contribution in [0.5, 0.6) is 5.75 Å². The lowest BCUT2D eigenvalue weighted by Crippen LogP contribution is -2.09. The van der Waals surface area contributed by atoms with Crippen LogP contribution in [0.1, 0.15) is 11.1 Å². The molecule has 1 N–H and O–H groups in total. The summed E-state index contributed by atoms with van der Waals surface area (Å²) in [7, 11) is 0. The first-order valence-corrected chi connectivity index (χ1v) is 10.1. The quantitative estimate of drug-likeness (QED) is 0.461. The van der Waals surface area contributed by atoms with Gasteiger partial charge in [0.15, 0.2) is 6.61 Å². The molecule has 0 saturated carbocycles. The van der Waals surface area contributed by atoms with Crippen LogP contribution in [0.4, 0.5) is 0 Å². The molecule has 0 aromatic heterocycles. The number of rotatable bonds is 8. The summed E-state index contributed by atoms with van der Waals surface area (Å²) in [6.45, 7) is -0.338. The van der Waals surface area contributed by atoms with E-state index in [1.165, 1.54) is 0 Å². The average molecular weight is 411 g/mol. The Labute approximate surface area is 173 Å². The summed E-state index contributed by atoms with van der Waals surface area (Å²) in [5, 5.41) is 9.37. The molecule has 3 rings (SSSR count).